The first-order chi connectivity index (χ1) is 10.2. The van der Waals surface area contributed by atoms with Gasteiger partial charge < -0.3 is 9.84 Å². The molecule has 2 nitrogen and oxygen atoms in total. The Morgan fingerprint density at radius 1 is 1.14 bits per heavy atom. The first-order valence-corrected chi connectivity index (χ1v) is 8.17. The summed E-state index contributed by atoms with van der Waals surface area (Å²) in [4.78, 5) is 0. The Morgan fingerprint density at radius 3 is 2.90 bits per heavy atom. The van der Waals surface area contributed by atoms with Crippen LogP contribution in [-0.4, -0.2) is 17.8 Å². The van der Waals surface area contributed by atoms with Crippen molar-refractivity contribution in [2.45, 2.75) is 31.8 Å². The maximum Gasteiger partial charge on any atom is 0.122 e. The summed E-state index contributed by atoms with van der Waals surface area (Å²) in [6.07, 6.45) is 3.09. The van der Waals surface area contributed by atoms with Crippen LogP contribution in [0.3, 0.4) is 0 Å². The molecule has 2 aromatic rings. The van der Waals surface area contributed by atoms with Crippen LogP contribution < -0.4 is 4.74 Å². The molecule has 1 aliphatic rings. The zero-order chi connectivity index (χ0) is 14.7. The summed E-state index contributed by atoms with van der Waals surface area (Å²) in [6.45, 7) is 0.796. The number of hydrogen-bond donors (Lipinski definition) is 1. The van der Waals surface area contributed by atoms with Gasteiger partial charge in [0.2, 0.25) is 0 Å². The van der Waals surface area contributed by atoms with Gasteiger partial charge in [-0.25, -0.2) is 0 Å². The smallest absolute Gasteiger partial charge is 0.122 e. The van der Waals surface area contributed by atoms with Crippen molar-refractivity contribution < 1.29 is 9.84 Å². The average molecular weight is 347 g/mol. The van der Waals surface area contributed by atoms with Crippen molar-refractivity contribution in [3.8, 4) is 5.75 Å². The van der Waals surface area contributed by atoms with Crippen LogP contribution in [0, 0.1) is 0 Å². The average Bonchev–Trinajstić information content (AvgIpc) is 2.92. The number of aliphatic hydroxyl groups excluding tert-OH is 1. The van der Waals surface area contributed by atoms with Crippen LogP contribution in [-0.2, 0) is 19.3 Å². The van der Waals surface area contributed by atoms with Gasteiger partial charge in [0.1, 0.15) is 5.75 Å². The van der Waals surface area contributed by atoms with Gasteiger partial charge in [0.05, 0.1) is 12.7 Å². The number of hydrogen-bond acceptors (Lipinski definition) is 2. The predicted molar refractivity (Wildman–Crippen MR) is 87.8 cm³/mol. The van der Waals surface area contributed by atoms with Gasteiger partial charge in [-0.1, -0.05) is 40.2 Å². The lowest BCUT2D eigenvalue weighted by Crippen LogP contribution is -2.11. The van der Waals surface area contributed by atoms with Gasteiger partial charge in [0, 0.05) is 10.9 Å². The zero-order valence-corrected chi connectivity index (χ0v) is 13.5. The fourth-order valence-electron chi connectivity index (χ4n) is 2.77. The summed E-state index contributed by atoms with van der Waals surface area (Å²) < 4.78 is 6.58. The minimum Gasteiger partial charge on any atom is -0.493 e. The molecule has 0 aliphatic carbocycles. The Labute approximate surface area is 133 Å². The lowest BCUT2D eigenvalue weighted by Gasteiger charge is -2.11. The number of ether oxygens (including phenoxy) is 1. The number of aryl methyl sites for hydroxylation is 1. The summed E-state index contributed by atoms with van der Waals surface area (Å²) in [5.41, 5.74) is 3.75. The van der Waals surface area contributed by atoms with Crippen molar-refractivity contribution in [2.24, 2.45) is 0 Å². The SMILES string of the molecule is OC(CCc1ccc2c(c1)CCO2)Cc1cccc(Br)c1. The molecule has 0 radical (unpaired) electrons. The van der Waals surface area contributed by atoms with Gasteiger partial charge in [-0.15, -0.1) is 0 Å². The lowest BCUT2D eigenvalue weighted by atomic mass is 10.00. The quantitative estimate of drug-likeness (QED) is 0.888. The first-order valence-electron chi connectivity index (χ1n) is 7.38. The molecule has 3 rings (SSSR count). The van der Waals surface area contributed by atoms with Crippen LogP contribution in [0.15, 0.2) is 46.9 Å². The normalized spacial score (nSPS) is 14.6. The van der Waals surface area contributed by atoms with E-state index in [4.69, 9.17) is 4.74 Å². The topological polar surface area (TPSA) is 29.5 Å². The van der Waals surface area contributed by atoms with Crippen LogP contribution in [0.25, 0.3) is 0 Å². The fraction of sp³-hybridized carbons (Fsp3) is 0.333. The van der Waals surface area contributed by atoms with Gasteiger partial charge in [0.25, 0.3) is 0 Å². The van der Waals surface area contributed by atoms with E-state index in [-0.39, 0.29) is 6.10 Å². The van der Waals surface area contributed by atoms with E-state index in [0.717, 1.165) is 36.1 Å². The number of benzene rings is 2. The number of fused-ring (bicyclic) bond motifs is 1. The third kappa shape index (κ3) is 3.86. The largest absolute Gasteiger partial charge is 0.493 e. The van der Waals surface area contributed by atoms with E-state index in [0.29, 0.717) is 6.42 Å². The van der Waals surface area contributed by atoms with E-state index >= 15 is 0 Å². The second-order valence-corrected chi connectivity index (χ2v) is 6.48. The maximum atomic E-state index is 10.2. The highest BCUT2D eigenvalue weighted by Gasteiger charge is 2.13. The Hall–Kier alpha value is -1.32. The second kappa shape index (κ2) is 6.63. The van der Waals surface area contributed by atoms with Crippen LogP contribution in [0.2, 0.25) is 0 Å². The van der Waals surface area contributed by atoms with Crippen LogP contribution in [0.1, 0.15) is 23.1 Å². The fourth-order valence-corrected chi connectivity index (χ4v) is 3.21. The summed E-state index contributed by atoms with van der Waals surface area (Å²) in [5, 5.41) is 10.2. The molecular weight excluding hydrogens is 328 g/mol. The van der Waals surface area contributed by atoms with E-state index in [2.05, 4.69) is 46.3 Å². The number of aliphatic hydroxyl groups is 1. The zero-order valence-electron chi connectivity index (χ0n) is 11.9. The molecule has 21 heavy (non-hydrogen) atoms. The molecule has 1 heterocycles. The summed E-state index contributed by atoms with van der Waals surface area (Å²) in [5.74, 6) is 1.02. The van der Waals surface area contributed by atoms with Crippen molar-refractivity contribution in [1.82, 2.24) is 0 Å². The van der Waals surface area contributed by atoms with E-state index in [1.807, 2.05) is 12.1 Å². The molecule has 0 spiro atoms. The molecule has 0 amide bonds. The van der Waals surface area contributed by atoms with Gasteiger partial charge in [0.15, 0.2) is 0 Å². The highest BCUT2D eigenvalue weighted by Crippen LogP contribution is 2.26. The molecule has 0 saturated heterocycles. The molecule has 0 bridgehead atoms. The predicted octanol–water partition coefficient (Wildman–Crippen LogP) is 3.92. The molecular formula is C18H19BrO2. The standard InChI is InChI=1S/C18H19BrO2/c19-16-3-1-2-14(11-16)12-17(20)6-4-13-5-7-18-15(10-13)8-9-21-18/h1-3,5,7,10-11,17,20H,4,6,8-9,12H2. The molecule has 1 unspecified atom stereocenters. The summed E-state index contributed by atoms with van der Waals surface area (Å²) in [6, 6.07) is 14.5. The van der Waals surface area contributed by atoms with Crippen LogP contribution in [0.5, 0.6) is 5.75 Å². The minimum atomic E-state index is -0.302. The van der Waals surface area contributed by atoms with Crippen molar-refractivity contribution in [2.75, 3.05) is 6.61 Å². The summed E-state index contributed by atoms with van der Waals surface area (Å²) >= 11 is 3.46. The molecule has 0 fully saturated rings. The molecule has 1 N–H and O–H groups in total. The van der Waals surface area contributed by atoms with Crippen molar-refractivity contribution in [1.29, 1.82) is 0 Å². The van der Waals surface area contributed by atoms with E-state index < -0.39 is 0 Å². The first kappa shape index (κ1) is 14.6. The van der Waals surface area contributed by atoms with Gasteiger partial charge in [-0.3, -0.25) is 0 Å². The molecule has 2 aromatic carbocycles. The van der Waals surface area contributed by atoms with E-state index in [1.165, 1.54) is 16.7 Å². The monoisotopic (exact) mass is 346 g/mol. The second-order valence-electron chi connectivity index (χ2n) is 5.57. The lowest BCUT2D eigenvalue weighted by molar-refractivity contribution is 0.165. The van der Waals surface area contributed by atoms with Gasteiger partial charge >= 0.3 is 0 Å². The minimum absolute atomic E-state index is 0.302. The highest BCUT2D eigenvalue weighted by molar-refractivity contribution is 9.10. The van der Waals surface area contributed by atoms with Crippen molar-refractivity contribution >= 4 is 15.9 Å². The van der Waals surface area contributed by atoms with E-state index in [1.54, 1.807) is 0 Å². The third-order valence-corrected chi connectivity index (χ3v) is 4.37. The molecule has 110 valence electrons. The van der Waals surface area contributed by atoms with Crippen molar-refractivity contribution in [3.05, 3.63) is 63.6 Å². The Morgan fingerprint density at radius 2 is 2.05 bits per heavy atom. The summed E-state index contributed by atoms with van der Waals surface area (Å²) in [7, 11) is 0. The third-order valence-electron chi connectivity index (χ3n) is 3.88. The molecule has 1 aliphatic heterocycles. The molecule has 1 atom stereocenters. The molecule has 0 saturated carbocycles. The van der Waals surface area contributed by atoms with Crippen molar-refractivity contribution in [3.63, 3.8) is 0 Å². The van der Waals surface area contributed by atoms with Gasteiger partial charge in [-0.2, -0.15) is 0 Å². The number of rotatable bonds is 5. The van der Waals surface area contributed by atoms with Gasteiger partial charge in [-0.05, 0) is 54.2 Å². The van der Waals surface area contributed by atoms with Crippen LogP contribution >= 0.6 is 15.9 Å². The Balaban J connectivity index is 1.55. The maximum absolute atomic E-state index is 10.2. The number of halogens is 1. The molecule has 0 aromatic heterocycles. The van der Waals surface area contributed by atoms with E-state index in [9.17, 15) is 5.11 Å². The Bertz CT molecular complexity index is 624. The Kier molecular flexibility index (Phi) is 4.61. The molecule has 3 heteroatoms. The highest BCUT2D eigenvalue weighted by atomic mass is 79.9. The van der Waals surface area contributed by atoms with Crippen LogP contribution in [0.4, 0.5) is 0 Å².